The molecule has 0 bridgehead atoms. The Morgan fingerprint density at radius 3 is 2.36 bits per heavy atom. The lowest BCUT2D eigenvalue weighted by Gasteiger charge is -2.32. The van der Waals surface area contributed by atoms with Gasteiger partial charge in [-0.25, -0.2) is 12.7 Å². The monoisotopic (exact) mass is 376 g/mol. The van der Waals surface area contributed by atoms with E-state index in [1.54, 1.807) is 11.4 Å². The number of guanidine groups is 1. The number of aliphatic imine (C=N–C) groups is 1. The van der Waals surface area contributed by atoms with Gasteiger partial charge in [-0.1, -0.05) is 6.92 Å². The van der Waals surface area contributed by atoms with Crippen molar-refractivity contribution in [2.24, 2.45) is 4.99 Å². The zero-order chi connectivity index (χ0) is 19.1. The third-order valence-electron chi connectivity index (χ3n) is 3.69. The van der Waals surface area contributed by atoms with Gasteiger partial charge in [-0.05, 0) is 40.0 Å². The van der Waals surface area contributed by atoms with E-state index in [0.717, 1.165) is 0 Å². The zero-order valence-electron chi connectivity index (χ0n) is 16.0. The molecule has 0 amide bonds. The van der Waals surface area contributed by atoms with E-state index in [1.807, 2.05) is 27.7 Å². The van der Waals surface area contributed by atoms with E-state index >= 15 is 0 Å². The summed E-state index contributed by atoms with van der Waals surface area (Å²) >= 11 is 0. The molecule has 0 radical (unpaired) electrons. The molecule has 8 nitrogen and oxygen atoms in total. The van der Waals surface area contributed by atoms with E-state index in [4.69, 9.17) is 4.74 Å². The fourth-order valence-electron chi connectivity index (χ4n) is 2.59. The van der Waals surface area contributed by atoms with Gasteiger partial charge in [-0.2, -0.15) is 0 Å². The summed E-state index contributed by atoms with van der Waals surface area (Å²) in [6.07, 6.45) is 2.04. The van der Waals surface area contributed by atoms with E-state index in [-0.39, 0.29) is 24.3 Å². The summed E-state index contributed by atoms with van der Waals surface area (Å²) in [4.78, 5) is 15.8. The van der Waals surface area contributed by atoms with Crippen LogP contribution in [-0.4, -0.2) is 68.7 Å². The number of hydrogen-bond acceptors (Lipinski definition) is 5. The number of esters is 1. The smallest absolute Gasteiger partial charge is 0.325 e. The van der Waals surface area contributed by atoms with Crippen LogP contribution < -0.4 is 10.6 Å². The molecule has 1 rings (SSSR count). The number of nitrogens with one attached hydrogen (secondary N) is 2. The van der Waals surface area contributed by atoms with Crippen molar-refractivity contribution in [3.05, 3.63) is 0 Å². The molecule has 1 saturated heterocycles. The Hall–Kier alpha value is -1.35. The Morgan fingerprint density at radius 1 is 1.28 bits per heavy atom. The molecule has 1 fully saturated rings. The number of carbonyl (C=O) groups is 1. The first kappa shape index (κ1) is 21.7. The van der Waals surface area contributed by atoms with Crippen molar-refractivity contribution in [1.82, 2.24) is 14.9 Å². The number of nitrogens with zero attached hydrogens (tertiary/aromatic N) is 2. The van der Waals surface area contributed by atoms with Gasteiger partial charge in [0.2, 0.25) is 10.0 Å². The molecule has 0 saturated carbocycles. The van der Waals surface area contributed by atoms with Crippen LogP contribution in [0.5, 0.6) is 0 Å². The second-order valence-corrected chi connectivity index (χ2v) is 9.23. The predicted molar refractivity (Wildman–Crippen MR) is 99.0 cm³/mol. The van der Waals surface area contributed by atoms with Gasteiger partial charge in [0.15, 0.2) is 5.96 Å². The molecule has 1 aliphatic rings. The van der Waals surface area contributed by atoms with Crippen molar-refractivity contribution in [2.75, 3.05) is 32.4 Å². The van der Waals surface area contributed by atoms with E-state index in [0.29, 0.717) is 38.3 Å². The second-order valence-electron chi connectivity index (χ2n) is 7.15. The summed E-state index contributed by atoms with van der Waals surface area (Å²) in [5, 5.41) is 6.17. The average Bonchev–Trinajstić information content (AvgIpc) is 2.50. The first-order valence-electron chi connectivity index (χ1n) is 8.74. The lowest BCUT2D eigenvalue weighted by atomic mass is 10.1. The van der Waals surface area contributed by atoms with E-state index in [9.17, 15) is 13.2 Å². The third kappa shape index (κ3) is 8.04. The van der Waals surface area contributed by atoms with E-state index < -0.39 is 15.6 Å². The van der Waals surface area contributed by atoms with Crippen molar-refractivity contribution in [2.45, 2.75) is 58.6 Å². The average molecular weight is 377 g/mol. The minimum atomic E-state index is -3.13. The highest BCUT2D eigenvalue weighted by Crippen LogP contribution is 2.15. The van der Waals surface area contributed by atoms with Gasteiger partial charge in [-0.15, -0.1) is 0 Å². The zero-order valence-corrected chi connectivity index (χ0v) is 16.8. The number of carbonyl (C=O) groups excluding carboxylic acids is 1. The van der Waals surface area contributed by atoms with Crippen LogP contribution in [0.1, 0.15) is 47.0 Å². The summed E-state index contributed by atoms with van der Waals surface area (Å²) in [7, 11) is -1.50. The molecule has 1 heterocycles. The topological polar surface area (TPSA) is 100 Å². The van der Waals surface area contributed by atoms with Crippen LogP contribution in [0.4, 0.5) is 0 Å². The standard InChI is InChI=1S/C16H32N4O4S/c1-6-11-25(22,23)20-9-7-13(8-10-20)19-15(17-5)18-12-14(21)24-16(2,3)4/h13H,6-12H2,1-5H3,(H2,17,18,19). The molecular weight excluding hydrogens is 344 g/mol. The van der Waals surface area contributed by atoms with Crippen LogP contribution in [-0.2, 0) is 19.6 Å². The van der Waals surface area contributed by atoms with Gasteiger partial charge in [0.05, 0.1) is 5.75 Å². The Balaban J connectivity index is 2.42. The summed E-state index contributed by atoms with van der Waals surface area (Å²) < 4.78 is 31.0. The second kappa shape index (κ2) is 9.38. The Kier molecular flexibility index (Phi) is 8.14. The predicted octanol–water partition coefficient (Wildman–Crippen LogP) is 0.697. The maximum atomic E-state index is 12.1. The highest BCUT2D eigenvalue weighted by atomic mass is 32.2. The van der Waals surface area contributed by atoms with Gasteiger partial charge in [0.1, 0.15) is 12.1 Å². The van der Waals surface area contributed by atoms with Gasteiger partial charge in [-0.3, -0.25) is 9.79 Å². The van der Waals surface area contributed by atoms with Crippen molar-refractivity contribution in [3.8, 4) is 0 Å². The Labute approximate surface area is 151 Å². The summed E-state index contributed by atoms with van der Waals surface area (Å²) in [6.45, 7) is 8.36. The van der Waals surface area contributed by atoms with Crippen LogP contribution in [0.15, 0.2) is 4.99 Å². The lowest BCUT2D eigenvalue weighted by Crippen LogP contribution is -2.50. The molecule has 0 aromatic rings. The fraction of sp³-hybridized carbons (Fsp3) is 0.875. The minimum absolute atomic E-state index is 0.0284. The van der Waals surface area contributed by atoms with Gasteiger partial charge >= 0.3 is 5.97 Å². The van der Waals surface area contributed by atoms with Crippen molar-refractivity contribution >= 4 is 22.0 Å². The van der Waals surface area contributed by atoms with Gasteiger partial charge in [0.25, 0.3) is 0 Å². The highest BCUT2D eigenvalue weighted by Gasteiger charge is 2.27. The summed E-state index contributed by atoms with van der Waals surface area (Å²) in [6, 6.07) is 0.123. The molecule has 0 atom stereocenters. The van der Waals surface area contributed by atoms with Crippen molar-refractivity contribution < 1.29 is 17.9 Å². The van der Waals surface area contributed by atoms with Crippen LogP contribution in [0.3, 0.4) is 0 Å². The van der Waals surface area contributed by atoms with Crippen molar-refractivity contribution in [3.63, 3.8) is 0 Å². The SMILES string of the molecule is CCCS(=O)(=O)N1CCC(NC(=NC)NCC(=O)OC(C)(C)C)CC1. The number of ether oxygens (including phenoxy) is 1. The number of rotatable bonds is 6. The van der Waals surface area contributed by atoms with Crippen LogP contribution in [0.25, 0.3) is 0 Å². The molecule has 9 heteroatoms. The molecule has 0 aromatic heterocycles. The normalized spacial score (nSPS) is 18.0. The van der Waals surface area contributed by atoms with Gasteiger partial charge < -0.3 is 15.4 Å². The molecular formula is C16H32N4O4S. The first-order chi connectivity index (χ1) is 11.6. The molecule has 2 N–H and O–H groups in total. The molecule has 0 unspecified atom stereocenters. The lowest BCUT2D eigenvalue weighted by molar-refractivity contribution is -0.153. The largest absolute Gasteiger partial charge is 0.459 e. The highest BCUT2D eigenvalue weighted by molar-refractivity contribution is 7.89. The minimum Gasteiger partial charge on any atom is -0.459 e. The summed E-state index contributed by atoms with van der Waals surface area (Å²) in [5.74, 6) is 0.362. The molecule has 0 aliphatic carbocycles. The maximum Gasteiger partial charge on any atom is 0.325 e. The van der Waals surface area contributed by atoms with E-state index in [2.05, 4.69) is 15.6 Å². The third-order valence-corrected chi connectivity index (χ3v) is 5.77. The van der Waals surface area contributed by atoms with Crippen molar-refractivity contribution in [1.29, 1.82) is 0 Å². The van der Waals surface area contributed by atoms with Crippen LogP contribution >= 0.6 is 0 Å². The first-order valence-corrected chi connectivity index (χ1v) is 10.3. The van der Waals surface area contributed by atoms with Crippen LogP contribution in [0, 0.1) is 0 Å². The quantitative estimate of drug-likeness (QED) is 0.402. The molecule has 25 heavy (non-hydrogen) atoms. The molecule has 0 spiro atoms. The maximum absolute atomic E-state index is 12.1. The molecule has 1 aliphatic heterocycles. The number of piperidine rings is 1. The Morgan fingerprint density at radius 2 is 1.88 bits per heavy atom. The molecule has 0 aromatic carbocycles. The molecule has 146 valence electrons. The fourth-order valence-corrected chi connectivity index (χ4v) is 4.13. The van der Waals surface area contributed by atoms with Gasteiger partial charge in [0, 0.05) is 26.2 Å². The van der Waals surface area contributed by atoms with Crippen LogP contribution in [0.2, 0.25) is 0 Å². The summed E-state index contributed by atoms with van der Waals surface area (Å²) in [5.41, 5.74) is -0.521. The Bertz CT molecular complexity index is 561. The number of hydrogen-bond donors (Lipinski definition) is 2. The van der Waals surface area contributed by atoms with E-state index in [1.165, 1.54) is 0 Å². The number of sulfonamides is 1.